The van der Waals surface area contributed by atoms with Gasteiger partial charge in [-0.3, -0.25) is 0 Å². The summed E-state index contributed by atoms with van der Waals surface area (Å²) in [6.07, 6.45) is -0.284. The minimum absolute atomic E-state index is 0.284. The highest BCUT2D eigenvalue weighted by Crippen LogP contribution is 2.40. The molecule has 0 bridgehead atoms. The van der Waals surface area contributed by atoms with E-state index < -0.39 is 0 Å². The van der Waals surface area contributed by atoms with Crippen LogP contribution in [0.1, 0.15) is 18.0 Å². The molecule has 3 aromatic rings. The van der Waals surface area contributed by atoms with Gasteiger partial charge in [0.25, 0.3) is 0 Å². The first-order valence-corrected chi connectivity index (χ1v) is 9.15. The second-order valence-electron chi connectivity index (χ2n) is 4.88. The van der Waals surface area contributed by atoms with E-state index in [0.717, 1.165) is 21.9 Å². The summed E-state index contributed by atoms with van der Waals surface area (Å²) in [6, 6.07) is 12.1. The maximum Gasteiger partial charge on any atom is 0.247 e. The summed E-state index contributed by atoms with van der Waals surface area (Å²) in [6.45, 7) is 2.06. The van der Waals surface area contributed by atoms with Gasteiger partial charge in [-0.1, -0.05) is 43.0 Å². The van der Waals surface area contributed by atoms with E-state index in [4.69, 9.17) is 4.74 Å². The number of benzene rings is 1. The normalized spacial score (nSPS) is 15.8. The monoisotopic (exact) mass is 342 g/mol. The number of hydrogen-bond donors (Lipinski definition) is 1. The van der Waals surface area contributed by atoms with E-state index in [1.165, 1.54) is 0 Å². The number of aromatic nitrogens is 3. The molecule has 1 aliphatic heterocycles. The molecule has 5 nitrogen and oxygen atoms in total. The Bertz CT molecular complexity index is 823. The van der Waals surface area contributed by atoms with Crippen molar-refractivity contribution in [2.45, 2.75) is 18.3 Å². The molecule has 0 saturated heterocycles. The zero-order valence-corrected chi connectivity index (χ0v) is 14.0. The SMILES string of the molecule is CCSc1nnc2c(n1)OC(c1cccs1)Nc1ccccc1-2. The number of nitrogens with zero attached hydrogens (tertiary/aromatic N) is 3. The largest absolute Gasteiger partial charge is 0.447 e. The molecular formula is C16H14N4OS2. The number of rotatable bonds is 3. The Labute approximate surface area is 142 Å². The summed E-state index contributed by atoms with van der Waals surface area (Å²) in [5, 5.41) is 14.7. The molecule has 1 aromatic carbocycles. The fraction of sp³-hybridized carbons (Fsp3) is 0.188. The molecule has 1 unspecified atom stereocenters. The molecular weight excluding hydrogens is 328 g/mol. The third-order valence-corrected chi connectivity index (χ3v) is 5.04. The van der Waals surface area contributed by atoms with E-state index in [0.29, 0.717) is 16.7 Å². The van der Waals surface area contributed by atoms with Gasteiger partial charge in [-0.15, -0.1) is 21.5 Å². The zero-order chi connectivity index (χ0) is 15.6. The Balaban J connectivity index is 1.84. The lowest BCUT2D eigenvalue weighted by atomic mass is 10.1. The summed E-state index contributed by atoms with van der Waals surface area (Å²) < 4.78 is 6.14. The average Bonchev–Trinajstić information content (AvgIpc) is 3.05. The molecule has 0 spiro atoms. The van der Waals surface area contributed by atoms with Crippen molar-refractivity contribution in [1.29, 1.82) is 0 Å². The highest BCUT2D eigenvalue weighted by molar-refractivity contribution is 7.99. The Kier molecular flexibility index (Phi) is 3.88. The quantitative estimate of drug-likeness (QED) is 0.719. The van der Waals surface area contributed by atoms with Crippen molar-refractivity contribution in [2.24, 2.45) is 0 Å². The number of nitrogens with one attached hydrogen (secondary N) is 1. The van der Waals surface area contributed by atoms with Gasteiger partial charge in [-0.05, 0) is 23.3 Å². The molecule has 23 heavy (non-hydrogen) atoms. The lowest BCUT2D eigenvalue weighted by Crippen LogP contribution is -2.15. The lowest BCUT2D eigenvalue weighted by molar-refractivity contribution is 0.229. The molecule has 3 heterocycles. The molecule has 1 aliphatic rings. The van der Waals surface area contributed by atoms with Crippen LogP contribution in [0.15, 0.2) is 46.9 Å². The van der Waals surface area contributed by atoms with Gasteiger partial charge in [0.15, 0.2) is 5.69 Å². The molecule has 4 rings (SSSR count). The van der Waals surface area contributed by atoms with Crippen molar-refractivity contribution in [3.63, 3.8) is 0 Å². The first kappa shape index (κ1) is 14.5. The molecule has 7 heteroatoms. The van der Waals surface area contributed by atoms with Crippen molar-refractivity contribution >= 4 is 28.8 Å². The molecule has 1 N–H and O–H groups in total. The third kappa shape index (κ3) is 2.77. The fourth-order valence-electron chi connectivity index (χ4n) is 2.41. The summed E-state index contributed by atoms with van der Waals surface area (Å²) in [5.74, 6) is 1.41. The van der Waals surface area contributed by atoms with Crippen molar-refractivity contribution in [1.82, 2.24) is 15.2 Å². The number of hydrogen-bond acceptors (Lipinski definition) is 7. The van der Waals surface area contributed by atoms with Crippen LogP contribution in [-0.2, 0) is 0 Å². The molecule has 2 aromatic heterocycles. The molecule has 0 saturated carbocycles. The smallest absolute Gasteiger partial charge is 0.247 e. The van der Waals surface area contributed by atoms with E-state index in [-0.39, 0.29) is 6.23 Å². The highest BCUT2D eigenvalue weighted by atomic mass is 32.2. The summed E-state index contributed by atoms with van der Waals surface area (Å²) in [7, 11) is 0. The predicted octanol–water partition coefficient (Wildman–Crippen LogP) is 4.22. The van der Waals surface area contributed by atoms with E-state index in [1.807, 2.05) is 41.8 Å². The van der Waals surface area contributed by atoms with Gasteiger partial charge in [0, 0.05) is 11.3 Å². The molecule has 0 amide bonds. The van der Waals surface area contributed by atoms with Gasteiger partial charge in [-0.2, -0.15) is 4.98 Å². The van der Waals surface area contributed by atoms with Gasteiger partial charge < -0.3 is 10.1 Å². The van der Waals surface area contributed by atoms with Crippen molar-refractivity contribution in [3.05, 3.63) is 46.7 Å². The number of ether oxygens (including phenoxy) is 1. The Morgan fingerprint density at radius 2 is 2.13 bits per heavy atom. The van der Waals surface area contributed by atoms with Gasteiger partial charge in [0.1, 0.15) is 0 Å². The number of thioether (sulfide) groups is 1. The van der Waals surface area contributed by atoms with Crippen LogP contribution < -0.4 is 10.1 Å². The summed E-state index contributed by atoms with van der Waals surface area (Å²) in [4.78, 5) is 5.65. The molecule has 0 aliphatic carbocycles. The van der Waals surface area contributed by atoms with E-state index in [1.54, 1.807) is 23.1 Å². The van der Waals surface area contributed by atoms with Crippen LogP contribution in [0, 0.1) is 0 Å². The van der Waals surface area contributed by atoms with Crippen LogP contribution in [0.5, 0.6) is 5.88 Å². The molecule has 1 atom stereocenters. The molecule has 116 valence electrons. The summed E-state index contributed by atoms with van der Waals surface area (Å²) >= 11 is 3.20. The minimum Gasteiger partial charge on any atom is -0.447 e. The van der Waals surface area contributed by atoms with Crippen LogP contribution in [0.2, 0.25) is 0 Å². The Morgan fingerprint density at radius 3 is 2.96 bits per heavy atom. The van der Waals surface area contributed by atoms with Crippen LogP contribution in [0.4, 0.5) is 5.69 Å². The second kappa shape index (κ2) is 6.17. The molecule has 0 fully saturated rings. The topological polar surface area (TPSA) is 59.9 Å². The fourth-order valence-corrected chi connectivity index (χ4v) is 3.61. The van der Waals surface area contributed by atoms with Crippen LogP contribution in [0.25, 0.3) is 11.3 Å². The standard InChI is InChI=1S/C16H14N4OS2/c1-2-22-16-18-15-13(19-20-16)10-6-3-4-7-11(10)17-14(21-15)12-8-5-9-23-12/h3-9,14,17H,2H2,1H3. The maximum atomic E-state index is 6.14. The first-order valence-electron chi connectivity index (χ1n) is 7.28. The van der Waals surface area contributed by atoms with Crippen molar-refractivity contribution < 1.29 is 4.74 Å². The van der Waals surface area contributed by atoms with Crippen LogP contribution in [-0.4, -0.2) is 20.9 Å². The van der Waals surface area contributed by atoms with Crippen LogP contribution >= 0.6 is 23.1 Å². The van der Waals surface area contributed by atoms with E-state index in [9.17, 15) is 0 Å². The molecule has 0 radical (unpaired) electrons. The zero-order valence-electron chi connectivity index (χ0n) is 12.4. The minimum atomic E-state index is -0.284. The maximum absolute atomic E-state index is 6.14. The average molecular weight is 342 g/mol. The van der Waals surface area contributed by atoms with Gasteiger partial charge in [-0.25, -0.2) is 0 Å². The number of thiophene rings is 1. The second-order valence-corrected chi connectivity index (χ2v) is 7.09. The van der Waals surface area contributed by atoms with Crippen LogP contribution in [0.3, 0.4) is 0 Å². The Morgan fingerprint density at radius 1 is 1.22 bits per heavy atom. The van der Waals surface area contributed by atoms with Crippen molar-refractivity contribution in [2.75, 3.05) is 11.1 Å². The van der Waals surface area contributed by atoms with E-state index in [2.05, 4.69) is 27.4 Å². The van der Waals surface area contributed by atoms with Gasteiger partial charge in [0.2, 0.25) is 17.3 Å². The Hall–Kier alpha value is -2.12. The third-order valence-electron chi connectivity index (χ3n) is 3.41. The highest BCUT2D eigenvalue weighted by Gasteiger charge is 2.26. The van der Waals surface area contributed by atoms with E-state index >= 15 is 0 Å². The lowest BCUT2D eigenvalue weighted by Gasteiger charge is -2.17. The van der Waals surface area contributed by atoms with Gasteiger partial charge >= 0.3 is 0 Å². The number of para-hydroxylation sites is 1. The summed E-state index contributed by atoms with van der Waals surface area (Å²) in [5.41, 5.74) is 2.60. The number of fused-ring (bicyclic) bond motifs is 3. The first-order chi connectivity index (χ1) is 11.3. The predicted molar refractivity (Wildman–Crippen MR) is 93.0 cm³/mol. The van der Waals surface area contributed by atoms with Gasteiger partial charge in [0.05, 0.1) is 4.88 Å². The number of anilines is 1. The van der Waals surface area contributed by atoms with Crippen molar-refractivity contribution in [3.8, 4) is 17.1 Å².